The summed E-state index contributed by atoms with van der Waals surface area (Å²) in [7, 11) is 0. The lowest BCUT2D eigenvalue weighted by Gasteiger charge is -2.14. The van der Waals surface area contributed by atoms with Crippen LogP contribution in [0.15, 0.2) is 40.3 Å². The summed E-state index contributed by atoms with van der Waals surface area (Å²) in [6, 6.07) is 9.34. The average molecular weight is 441 g/mol. The molecule has 3 aromatic rings. The van der Waals surface area contributed by atoms with Crippen molar-refractivity contribution < 1.29 is 9.90 Å². The standard InChI is InChI=1S/C19H13BrN4O2S/c20-14-2-1-12-8-24(9-13(12)4-14)17(26)5-15-10-27-19(23-15)18-16(25)3-11(6-21)7-22-18/h1-4,7,10,25H,5,8-9H2. The normalized spacial score (nSPS) is 12.7. The number of nitriles is 1. The van der Waals surface area contributed by atoms with Crippen LogP contribution in [0.5, 0.6) is 5.75 Å². The Labute approximate surface area is 167 Å². The quantitative estimate of drug-likeness (QED) is 0.671. The number of hydrogen-bond acceptors (Lipinski definition) is 6. The molecule has 0 aliphatic carbocycles. The third-order valence-corrected chi connectivity index (χ3v) is 5.72. The van der Waals surface area contributed by atoms with Gasteiger partial charge < -0.3 is 10.0 Å². The monoisotopic (exact) mass is 440 g/mol. The number of fused-ring (bicyclic) bond motifs is 1. The zero-order valence-corrected chi connectivity index (χ0v) is 16.4. The van der Waals surface area contributed by atoms with E-state index in [4.69, 9.17) is 5.26 Å². The van der Waals surface area contributed by atoms with E-state index in [1.807, 2.05) is 29.2 Å². The van der Waals surface area contributed by atoms with Crippen molar-refractivity contribution in [1.82, 2.24) is 14.9 Å². The highest BCUT2D eigenvalue weighted by atomic mass is 79.9. The van der Waals surface area contributed by atoms with Gasteiger partial charge >= 0.3 is 0 Å². The van der Waals surface area contributed by atoms with Crippen molar-refractivity contribution in [1.29, 1.82) is 5.26 Å². The Balaban J connectivity index is 1.47. The highest BCUT2D eigenvalue weighted by Crippen LogP contribution is 2.31. The summed E-state index contributed by atoms with van der Waals surface area (Å²) >= 11 is 4.77. The lowest BCUT2D eigenvalue weighted by atomic mass is 10.1. The van der Waals surface area contributed by atoms with Crippen LogP contribution in [0, 0.1) is 11.3 Å². The Bertz CT molecular complexity index is 1090. The maximum atomic E-state index is 12.6. The van der Waals surface area contributed by atoms with E-state index < -0.39 is 0 Å². The number of carbonyl (C=O) groups excluding carboxylic acids is 1. The molecule has 0 radical (unpaired) electrons. The fraction of sp³-hybridized carbons (Fsp3) is 0.158. The van der Waals surface area contributed by atoms with Crippen LogP contribution in [-0.2, 0) is 24.3 Å². The summed E-state index contributed by atoms with van der Waals surface area (Å²) in [5.41, 5.74) is 3.56. The van der Waals surface area contributed by atoms with E-state index in [2.05, 4.69) is 25.9 Å². The molecule has 0 fully saturated rings. The summed E-state index contributed by atoms with van der Waals surface area (Å²) in [6.45, 7) is 1.21. The second-order valence-corrected chi connectivity index (χ2v) is 7.96. The molecular weight excluding hydrogens is 428 g/mol. The van der Waals surface area contributed by atoms with E-state index in [-0.39, 0.29) is 23.6 Å². The predicted molar refractivity (Wildman–Crippen MR) is 104 cm³/mol. The van der Waals surface area contributed by atoms with Crippen molar-refractivity contribution in [2.45, 2.75) is 19.5 Å². The molecule has 0 saturated heterocycles. The van der Waals surface area contributed by atoms with Crippen molar-refractivity contribution >= 4 is 33.2 Å². The van der Waals surface area contributed by atoms with Crippen LogP contribution in [0.4, 0.5) is 0 Å². The van der Waals surface area contributed by atoms with Crippen LogP contribution in [0.25, 0.3) is 10.7 Å². The van der Waals surface area contributed by atoms with Crippen molar-refractivity contribution in [3.63, 3.8) is 0 Å². The largest absolute Gasteiger partial charge is 0.506 e. The number of benzene rings is 1. The topological polar surface area (TPSA) is 90.1 Å². The number of rotatable bonds is 3. The fourth-order valence-electron chi connectivity index (χ4n) is 2.98. The minimum Gasteiger partial charge on any atom is -0.506 e. The van der Waals surface area contributed by atoms with Crippen molar-refractivity contribution in [2.75, 3.05) is 0 Å². The number of hydrogen-bond donors (Lipinski definition) is 1. The molecule has 134 valence electrons. The summed E-state index contributed by atoms with van der Waals surface area (Å²) in [4.78, 5) is 23.0. The van der Waals surface area contributed by atoms with E-state index in [0.29, 0.717) is 29.5 Å². The Kier molecular flexibility index (Phi) is 4.64. The van der Waals surface area contributed by atoms with Gasteiger partial charge in [-0.1, -0.05) is 22.0 Å². The molecule has 4 rings (SSSR count). The number of pyridine rings is 1. The van der Waals surface area contributed by atoms with Gasteiger partial charge in [-0.3, -0.25) is 4.79 Å². The number of amides is 1. The first kappa shape index (κ1) is 17.6. The van der Waals surface area contributed by atoms with Crippen LogP contribution in [0.1, 0.15) is 22.4 Å². The first-order chi connectivity index (χ1) is 13.0. The lowest BCUT2D eigenvalue weighted by Crippen LogP contribution is -2.27. The minimum absolute atomic E-state index is 0.0104. The molecule has 8 heteroatoms. The Hall–Kier alpha value is -2.76. The first-order valence-corrected chi connectivity index (χ1v) is 9.79. The van der Waals surface area contributed by atoms with Crippen LogP contribution in [0.2, 0.25) is 0 Å². The molecule has 0 unspecified atom stereocenters. The molecule has 1 aromatic carbocycles. The van der Waals surface area contributed by atoms with Crippen LogP contribution < -0.4 is 0 Å². The SMILES string of the molecule is N#Cc1cnc(-c2nc(CC(=O)N3Cc4ccc(Br)cc4C3)cs2)c(O)c1. The molecule has 1 amide bonds. The number of nitrogens with zero attached hydrogens (tertiary/aromatic N) is 4. The Morgan fingerprint density at radius 3 is 2.93 bits per heavy atom. The van der Waals surface area contributed by atoms with E-state index >= 15 is 0 Å². The molecule has 0 saturated carbocycles. The van der Waals surface area contributed by atoms with Gasteiger partial charge in [0.15, 0.2) is 0 Å². The smallest absolute Gasteiger partial charge is 0.229 e. The van der Waals surface area contributed by atoms with Gasteiger partial charge in [-0.25, -0.2) is 9.97 Å². The van der Waals surface area contributed by atoms with Gasteiger partial charge in [-0.05, 0) is 23.3 Å². The summed E-state index contributed by atoms with van der Waals surface area (Å²) < 4.78 is 1.01. The fourth-order valence-corrected chi connectivity index (χ4v) is 4.21. The minimum atomic E-state index is -0.0955. The van der Waals surface area contributed by atoms with Crippen molar-refractivity contribution in [2.24, 2.45) is 0 Å². The van der Waals surface area contributed by atoms with E-state index in [1.54, 1.807) is 5.38 Å². The van der Waals surface area contributed by atoms with Gasteiger partial charge in [-0.15, -0.1) is 11.3 Å². The predicted octanol–water partition coefficient (Wildman–Crippen LogP) is 3.63. The zero-order valence-electron chi connectivity index (χ0n) is 14.0. The summed E-state index contributed by atoms with van der Waals surface area (Å²) in [5, 5.41) is 21.2. The molecule has 0 spiro atoms. The van der Waals surface area contributed by atoms with E-state index in [1.165, 1.54) is 23.6 Å². The van der Waals surface area contributed by atoms with E-state index in [0.717, 1.165) is 15.6 Å². The lowest BCUT2D eigenvalue weighted by molar-refractivity contribution is -0.131. The highest BCUT2D eigenvalue weighted by molar-refractivity contribution is 9.10. The molecular formula is C19H13BrN4O2S. The number of thiazole rings is 1. The maximum absolute atomic E-state index is 12.6. The number of halogens is 1. The van der Waals surface area contributed by atoms with Gasteiger partial charge in [0.2, 0.25) is 5.91 Å². The molecule has 1 aliphatic heterocycles. The van der Waals surface area contributed by atoms with Crippen LogP contribution in [-0.4, -0.2) is 25.9 Å². The molecule has 0 atom stereocenters. The van der Waals surface area contributed by atoms with Crippen LogP contribution >= 0.6 is 27.3 Å². The maximum Gasteiger partial charge on any atom is 0.229 e. The number of carbonyl (C=O) groups is 1. The molecule has 27 heavy (non-hydrogen) atoms. The molecule has 3 heterocycles. The molecule has 6 nitrogen and oxygen atoms in total. The first-order valence-electron chi connectivity index (χ1n) is 8.12. The second-order valence-electron chi connectivity index (χ2n) is 6.19. The van der Waals surface area contributed by atoms with Gasteiger partial charge in [-0.2, -0.15) is 5.26 Å². The number of aromatic nitrogens is 2. The van der Waals surface area contributed by atoms with Gasteiger partial charge in [0.25, 0.3) is 0 Å². The highest BCUT2D eigenvalue weighted by Gasteiger charge is 2.24. The van der Waals surface area contributed by atoms with Gasteiger partial charge in [0, 0.05) is 35.2 Å². The van der Waals surface area contributed by atoms with Gasteiger partial charge in [0.1, 0.15) is 22.5 Å². The molecule has 1 aliphatic rings. The molecule has 2 aromatic heterocycles. The Morgan fingerprint density at radius 1 is 1.33 bits per heavy atom. The second kappa shape index (κ2) is 7.10. The summed E-state index contributed by atoms with van der Waals surface area (Å²) in [5.74, 6) is -0.0852. The Morgan fingerprint density at radius 2 is 2.15 bits per heavy atom. The van der Waals surface area contributed by atoms with Gasteiger partial charge in [0.05, 0.1) is 17.7 Å². The molecule has 1 N–H and O–H groups in total. The third-order valence-electron chi connectivity index (χ3n) is 4.33. The average Bonchev–Trinajstić information content (AvgIpc) is 3.28. The zero-order chi connectivity index (χ0) is 19.0. The van der Waals surface area contributed by atoms with Crippen molar-refractivity contribution in [3.05, 3.63) is 62.7 Å². The van der Waals surface area contributed by atoms with Crippen LogP contribution in [0.3, 0.4) is 0 Å². The van der Waals surface area contributed by atoms with E-state index in [9.17, 15) is 9.90 Å². The third kappa shape index (κ3) is 3.56. The number of aromatic hydroxyl groups is 1. The molecule has 0 bridgehead atoms. The van der Waals surface area contributed by atoms with Crippen molar-refractivity contribution in [3.8, 4) is 22.5 Å². The summed E-state index contributed by atoms with van der Waals surface area (Å²) in [6.07, 6.45) is 1.59.